The van der Waals surface area contributed by atoms with Crippen molar-refractivity contribution in [1.82, 2.24) is 4.72 Å². The first-order valence-corrected chi connectivity index (χ1v) is 8.75. The summed E-state index contributed by atoms with van der Waals surface area (Å²) in [6, 6.07) is 10.2. The monoisotopic (exact) mass is 388 g/mol. The predicted molar refractivity (Wildman–Crippen MR) is 88.8 cm³/mol. The molecule has 112 valence electrons. The van der Waals surface area contributed by atoms with Gasteiger partial charge in [-0.15, -0.1) is 0 Å². The van der Waals surface area contributed by atoms with Gasteiger partial charge in [-0.1, -0.05) is 29.8 Å². The van der Waals surface area contributed by atoms with Gasteiger partial charge in [-0.3, -0.25) is 0 Å². The summed E-state index contributed by atoms with van der Waals surface area (Å²) >= 11 is 9.29. The van der Waals surface area contributed by atoms with Crippen LogP contribution in [0.3, 0.4) is 0 Å². The second-order valence-corrected chi connectivity index (χ2v) is 7.55. The van der Waals surface area contributed by atoms with Crippen molar-refractivity contribution in [3.63, 3.8) is 0 Å². The lowest BCUT2D eigenvalue weighted by atomic mass is 10.2. The molecule has 7 heteroatoms. The Bertz CT molecular complexity index is 779. The molecule has 0 spiro atoms. The zero-order valence-corrected chi connectivity index (χ0v) is 14.4. The van der Waals surface area contributed by atoms with Gasteiger partial charge in [0.15, 0.2) is 0 Å². The van der Waals surface area contributed by atoms with Gasteiger partial charge in [0.05, 0.1) is 4.90 Å². The zero-order valence-electron chi connectivity index (χ0n) is 11.2. The van der Waals surface area contributed by atoms with Crippen LogP contribution >= 0.6 is 27.5 Å². The molecular formula is C14H14BrClN2O2S. The summed E-state index contributed by atoms with van der Waals surface area (Å²) in [6.45, 7) is 1.84. The zero-order chi connectivity index (χ0) is 15.6. The Morgan fingerprint density at radius 1 is 1.29 bits per heavy atom. The van der Waals surface area contributed by atoms with Crippen LogP contribution in [0.4, 0.5) is 5.69 Å². The van der Waals surface area contributed by atoms with E-state index in [1.165, 1.54) is 6.07 Å². The summed E-state index contributed by atoms with van der Waals surface area (Å²) in [4.78, 5) is 0.162. The van der Waals surface area contributed by atoms with Gasteiger partial charge >= 0.3 is 0 Å². The van der Waals surface area contributed by atoms with E-state index in [0.29, 0.717) is 26.3 Å². The highest BCUT2D eigenvalue weighted by Gasteiger charge is 2.18. The van der Waals surface area contributed by atoms with Crippen molar-refractivity contribution in [2.24, 2.45) is 0 Å². The molecule has 0 saturated carbocycles. The van der Waals surface area contributed by atoms with Crippen LogP contribution in [-0.4, -0.2) is 8.42 Å². The minimum atomic E-state index is -3.65. The lowest BCUT2D eigenvalue weighted by Crippen LogP contribution is -2.24. The molecule has 0 heterocycles. The molecule has 0 unspecified atom stereocenters. The van der Waals surface area contributed by atoms with E-state index in [0.717, 1.165) is 0 Å². The third-order valence-electron chi connectivity index (χ3n) is 2.99. The minimum absolute atomic E-state index is 0.122. The van der Waals surface area contributed by atoms with Gasteiger partial charge in [0, 0.05) is 21.7 Å². The van der Waals surface area contributed by atoms with E-state index < -0.39 is 10.0 Å². The molecule has 0 aliphatic carbocycles. The van der Waals surface area contributed by atoms with Crippen molar-refractivity contribution < 1.29 is 8.42 Å². The standard InChI is InChI=1S/C14H14BrClN2O2S/c1-9-6-11(15)13(17)7-14(9)21(19,20)18-8-10-4-2-3-5-12(10)16/h2-7,18H,8,17H2,1H3. The Hall–Kier alpha value is -1.08. The maximum Gasteiger partial charge on any atom is 0.241 e. The van der Waals surface area contributed by atoms with Gasteiger partial charge in [-0.05, 0) is 52.2 Å². The van der Waals surface area contributed by atoms with E-state index in [4.69, 9.17) is 17.3 Å². The van der Waals surface area contributed by atoms with Gasteiger partial charge in [0.25, 0.3) is 0 Å². The van der Waals surface area contributed by atoms with Crippen molar-refractivity contribution in [1.29, 1.82) is 0 Å². The van der Waals surface area contributed by atoms with E-state index in [1.54, 1.807) is 37.3 Å². The second-order valence-electron chi connectivity index (χ2n) is 4.56. The van der Waals surface area contributed by atoms with Crippen molar-refractivity contribution in [3.8, 4) is 0 Å². The predicted octanol–water partition coefficient (Wildman–Crippen LogP) is 3.47. The molecule has 0 fully saturated rings. The molecule has 21 heavy (non-hydrogen) atoms. The number of nitrogens with one attached hydrogen (secondary N) is 1. The fourth-order valence-corrected chi connectivity index (χ4v) is 3.78. The van der Waals surface area contributed by atoms with Crippen LogP contribution in [0.15, 0.2) is 45.8 Å². The number of hydrogen-bond donors (Lipinski definition) is 2. The highest BCUT2D eigenvalue weighted by Crippen LogP contribution is 2.26. The highest BCUT2D eigenvalue weighted by molar-refractivity contribution is 9.10. The second kappa shape index (κ2) is 6.36. The summed E-state index contributed by atoms with van der Waals surface area (Å²) in [5.41, 5.74) is 7.46. The molecule has 4 nitrogen and oxygen atoms in total. The molecule has 0 aromatic heterocycles. The van der Waals surface area contributed by atoms with E-state index in [-0.39, 0.29) is 11.4 Å². The number of hydrogen-bond acceptors (Lipinski definition) is 3. The summed E-state index contributed by atoms with van der Waals surface area (Å²) < 4.78 is 28.0. The van der Waals surface area contributed by atoms with Crippen molar-refractivity contribution >= 4 is 43.2 Å². The van der Waals surface area contributed by atoms with E-state index in [1.807, 2.05) is 0 Å². The maximum atomic E-state index is 12.4. The number of anilines is 1. The number of aryl methyl sites for hydroxylation is 1. The van der Waals surface area contributed by atoms with Crippen LogP contribution in [0.25, 0.3) is 0 Å². The normalized spacial score (nSPS) is 11.6. The van der Waals surface area contributed by atoms with Gasteiger partial charge in [0.2, 0.25) is 10.0 Å². The van der Waals surface area contributed by atoms with Crippen LogP contribution in [-0.2, 0) is 16.6 Å². The number of nitrogen functional groups attached to an aromatic ring is 1. The van der Waals surface area contributed by atoms with Crippen LogP contribution in [0.2, 0.25) is 5.02 Å². The first kappa shape index (κ1) is 16.3. The molecule has 0 saturated heterocycles. The largest absolute Gasteiger partial charge is 0.398 e. The first-order chi connectivity index (χ1) is 9.81. The fourth-order valence-electron chi connectivity index (χ4n) is 1.85. The molecule has 2 rings (SSSR count). The van der Waals surface area contributed by atoms with E-state index >= 15 is 0 Å². The van der Waals surface area contributed by atoms with Crippen molar-refractivity contribution in [2.45, 2.75) is 18.4 Å². The minimum Gasteiger partial charge on any atom is -0.398 e. The quantitative estimate of drug-likeness (QED) is 0.786. The Morgan fingerprint density at radius 3 is 2.62 bits per heavy atom. The SMILES string of the molecule is Cc1cc(Br)c(N)cc1S(=O)(=O)NCc1ccccc1Cl. The summed E-state index contributed by atoms with van der Waals surface area (Å²) in [7, 11) is -3.65. The molecule has 0 atom stereocenters. The maximum absolute atomic E-state index is 12.4. The van der Waals surface area contributed by atoms with Crippen LogP contribution < -0.4 is 10.5 Å². The average Bonchev–Trinajstić information content (AvgIpc) is 2.42. The molecule has 2 aromatic rings. The average molecular weight is 390 g/mol. The fraction of sp³-hybridized carbons (Fsp3) is 0.143. The van der Waals surface area contributed by atoms with Crippen LogP contribution in [0.5, 0.6) is 0 Å². The number of halogens is 2. The summed E-state index contributed by atoms with van der Waals surface area (Å²) in [6.07, 6.45) is 0. The van der Waals surface area contributed by atoms with E-state index in [2.05, 4.69) is 20.7 Å². The summed E-state index contributed by atoms with van der Waals surface area (Å²) in [5.74, 6) is 0. The van der Waals surface area contributed by atoms with Crippen molar-refractivity contribution in [3.05, 3.63) is 57.0 Å². The third kappa shape index (κ3) is 3.77. The van der Waals surface area contributed by atoms with Gasteiger partial charge in [-0.2, -0.15) is 0 Å². The number of sulfonamides is 1. The Morgan fingerprint density at radius 2 is 1.95 bits per heavy atom. The molecule has 0 aliphatic rings. The molecule has 0 bridgehead atoms. The Kier molecular flexibility index (Phi) is 4.93. The molecule has 0 radical (unpaired) electrons. The molecule has 0 amide bonds. The molecule has 3 N–H and O–H groups in total. The van der Waals surface area contributed by atoms with Crippen LogP contribution in [0, 0.1) is 6.92 Å². The molecular weight excluding hydrogens is 376 g/mol. The topological polar surface area (TPSA) is 72.2 Å². The Labute approximate surface area is 137 Å². The number of nitrogens with two attached hydrogens (primary N) is 1. The van der Waals surface area contributed by atoms with Gasteiger partial charge in [0.1, 0.15) is 0 Å². The number of rotatable bonds is 4. The lowest BCUT2D eigenvalue weighted by Gasteiger charge is -2.12. The first-order valence-electron chi connectivity index (χ1n) is 6.10. The third-order valence-corrected chi connectivity index (χ3v) is 5.59. The van der Waals surface area contributed by atoms with Gasteiger partial charge < -0.3 is 5.73 Å². The smallest absolute Gasteiger partial charge is 0.241 e. The summed E-state index contributed by atoms with van der Waals surface area (Å²) in [5, 5.41) is 0.521. The highest BCUT2D eigenvalue weighted by atomic mass is 79.9. The van der Waals surface area contributed by atoms with Gasteiger partial charge in [-0.25, -0.2) is 13.1 Å². The van der Waals surface area contributed by atoms with Crippen molar-refractivity contribution in [2.75, 3.05) is 5.73 Å². The van der Waals surface area contributed by atoms with E-state index in [9.17, 15) is 8.42 Å². The lowest BCUT2D eigenvalue weighted by molar-refractivity contribution is 0.580. The number of benzene rings is 2. The molecule has 0 aliphatic heterocycles. The Balaban J connectivity index is 2.27. The van der Waals surface area contributed by atoms with Crippen LogP contribution in [0.1, 0.15) is 11.1 Å². The molecule has 2 aromatic carbocycles.